The van der Waals surface area contributed by atoms with E-state index >= 15 is 0 Å². The number of aryl methyl sites for hydroxylation is 1. The summed E-state index contributed by atoms with van der Waals surface area (Å²) >= 11 is 12.3. The number of nitrogens with zero attached hydrogens (tertiary/aromatic N) is 4. The Labute approximate surface area is 169 Å². The lowest BCUT2D eigenvalue weighted by Gasteiger charge is -2.23. The van der Waals surface area contributed by atoms with E-state index in [0.29, 0.717) is 10.0 Å². The molecule has 0 bridgehead atoms. The molecule has 1 fully saturated rings. The Hall–Kier alpha value is -1.85. The molecule has 27 heavy (non-hydrogen) atoms. The Morgan fingerprint density at radius 2 is 2.00 bits per heavy atom. The largest absolute Gasteiger partial charge is 0.329 e. The second-order valence-corrected chi connectivity index (χ2v) is 7.89. The predicted molar refractivity (Wildman–Crippen MR) is 107 cm³/mol. The molecule has 1 aromatic heterocycles. The van der Waals surface area contributed by atoms with Crippen LogP contribution < -0.4 is 0 Å². The highest BCUT2D eigenvalue weighted by Gasteiger charge is 2.33. The number of aromatic nitrogens is 3. The summed E-state index contributed by atoms with van der Waals surface area (Å²) in [6, 6.07) is 5.40. The average Bonchev–Trinajstić information content (AvgIpc) is 3.23. The van der Waals surface area contributed by atoms with E-state index in [9.17, 15) is 4.79 Å². The zero-order chi connectivity index (χ0) is 18.8. The lowest BCUT2D eigenvalue weighted by atomic mass is 10.2. The van der Waals surface area contributed by atoms with Crippen LogP contribution in [0.25, 0.3) is 6.08 Å². The number of halogens is 2. The zero-order valence-electron chi connectivity index (χ0n) is 15.1. The van der Waals surface area contributed by atoms with Gasteiger partial charge in [-0.1, -0.05) is 41.8 Å². The van der Waals surface area contributed by atoms with E-state index in [0.717, 1.165) is 62.4 Å². The highest BCUT2D eigenvalue weighted by molar-refractivity contribution is 6.42. The quantitative estimate of drug-likeness (QED) is 0.697. The minimum Gasteiger partial charge on any atom is -0.329 e. The molecule has 5 nitrogen and oxygen atoms in total. The fraction of sp³-hybridized carbons (Fsp3) is 0.450. The van der Waals surface area contributed by atoms with E-state index in [1.54, 1.807) is 18.2 Å². The fourth-order valence-electron chi connectivity index (χ4n) is 3.96. The van der Waals surface area contributed by atoms with Crippen LogP contribution in [0.5, 0.6) is 0 Å². The number of carbonyl (C=O) groups excluding carboxylic acids is 1. The summed E-state index contributed by atoms with van der Waals surface area (Å²) < 4.78 is 2.24. The van der Waals surface area contributed by atoms with Crippen molar-refractivity contribution >= 4 is 35.2 Å². The van der Waals surface area contributed by atoms with Gasteiger partial charge in [0.25, 0.3) is 0 Å². The van der Waals surface area contributed by atoms with Crippen LogP contribution in [0.15, 0.2) is 24.3 Å². The fourth-order valence-corrected chi connectivity index (χ4v) is 4.33. The summed E-state index contributed by atoms with van der Waals surface area (Å²) in [6.07, 6.45) is 9.71. The topological polar surface area (TPSA) is 51.0 Å². The summed E-state index contributed by atoms with van der Waals surface area (Å²) in [5.41, 5.74) is 0.740. The molecule has 0 spiro atoms. The number of hydrogen-bond donors (Lipinski definition) is 0. The number of rotatable bonds is 3. The summed E-state index contributed by atoms with van der Waals surface area (Å²) in [6.45, 7) is 1.68. The molecule has 7 heteroatoms. The van der Waals surface area contributed by atoms with Gasteiger partial charge in [-0.15, -0.1) is 10.2 Å². The van der Waals surface area contributed by atoms with Crippen molar-refractivity contribution in [1.82, 2.24) is 19.7 Å². The summed E-state index contributed by atoms with van der Waals surface area (Å²) in [4.78, 5) is 14.8. The SMILES string of the molecule is O=C(/C=C/c1cccc(Cl)c1Cl)N1CCCC1c1nnc2n1CCCCC2. The van der Waals surface area contributed by atoms with Crippen LogP contribution in [0.4, 0.5) is 0 Å². The average molecular weight is 405 g/mol. The molecule has 2 aliphatic heterocycles. The normalized spacial score (nSPS) is 20.1. The molecule has 0 radical (unpaired) electrons. The standard InChI is InChI=1S/C20H22Cl2N4O/c21-15-7-4-6-14(19(15)22)10-11-18(27)25-13-5-8-16(25)20-24-23-17-9-2-1-3-12-26(17)20/h4,6-7,10-11,16H,1-3,5,8-9,12-13H2/b11-10+. The number of hydrogen-bond acceptors (Lipinski definition) is 3. The van der Waals surface area contributed by atoms with E-state index in [-0.39, 0.29) is 11.9 Å². The van der Waals surface area contributed by atoms with Crippen molar-refractivity contribution in [3.8, 4) is 0 Å². The summed E-state index contributed by atoms with van der Waals surface area (Å²) in [5.74, 6) is 1.97. The molecule has 0 aliphatic carbocycles. The van der Waals surface area contributed by atoms with Gasteiger partial charge in [0, 0.05) is 25.6 Å². The van der Waals surface area contributed by atoms with Crippen molar-refractivity contribution in [3.05, 3.63) is 51.5 Å². The van der Waals surface area contributed by atoms with Gasteiger partial charge in [-0.25, -0.2) is 0 Å². The van der Waals surface area contributed by atoms with Crippen LogP contribution in [0.2, 0.25) is 10.0 Å². The van der Waals surface area contributed by atoms with Crippen molar-refractivity contribution in [2.24, 2.45) is 0 Å². The van der Waals surface area contributed by atoms with Crippen molar-refractivity contribution in [3.63, 3.8) is 0 Å². The van der Waals surface area contributed by atoms with Gasteiger partial charge in [-0.2, -0.15) is 0 Å². The van der Waals surface area contributed by atoms with Gasteiger partial charge in [0.15, 0.2) is 5.82 Å². The number of likely N-dealkylation sites (tertiary alicyclic amines) is 1. The first-order valence-electron chi connectivity index (χ1n) is 9.50. The predicted octanol–water partition coefficient (Wildman–Crippen LogP) is 4.69. The molecule has 1 unspecified atom stereocenters. The zero-order valence-corrected chi connectivity index (χ0v) is 16.6. The van der Waals surface area contributed by atoms with Crippen LogP contribution in [-0.2, 0) is 17.8 Å². The minimum atomic E-state index is -0.0282. The Morgan fingerprint density at radius 3 is 2.89 bits per heavy atom. The first-order valence-corrected chi connectivity index (χ1v) is 10.3. The smallest absolute Gasteiger partial charge is 0.247 e. The van der Waals surface area contributed by atoms with Gasteiger partial charge in [-0.3, -0.25) is 4.79 Å². The molecule has 2 aromatic rings. The first kappa shape index (κ1) is 18.5. The maximum atomic E-state index is 12.9. The first-order chi connectivity index (χ1) is 13.1. The molecule has 2 aliphatic rings. The molecule has 1 aromatic carbocycles. The number of carbonyl (C=O) groups is 1. The monoisotopic (exact) mass is 404 g/mol. The second-order valence-electron chi connectivity index (χ2n) is 7.10. The van der Waals surface area contributed by atoms with Crippen LogP contribution >= 0.6 is 23.2 Å². The van der Waals surface area contributed by atoms with Crippen LogP contribution in [0.1, 0.15) is 55.4 Å². The number of benzene rings is 1. The van der Waals surface area contributed by atoms with E-state index in [1.165, 1.54) is 6.42 Å². The third-order valence-corrected chi connectivity index (χ3v) is 6.19. The van der Waals surface area contributed by atoms with Gasteiger partial charge >= 0.3 is 0 Å². The van der Waals surface area contributed by atoms with Crippen molar-refractivity contribution < 1.29 is 4.79 Å². The number of fused-ring (bicyclic) bond motifs is 1. The van der Waals surface area contributed by atoms with Crippen molar-refractivity contribution in [2.75, 3.05) is 6.54 Å². The van der Waals surface area contributed by atoms with Crippen LogP contribution in [0, 0.1) is 0 Å². The van der Waals surface area contributed by atoms with E-state index in [4.69, 9.17) is 23.2 Å². The van der Waals surface area contributed by atoms with Crippen molar-refractivity contribution in [2.45, 2.75) is 51.1 Å². The third-order valence-electron chi connectivity index (χ3n) is 5.36. The molecule has 142 valence electrons. The molecule has 4 rings (SSSR count). The third kappa shape index (κ3) is 3.76. The molecule has 1 atom stereocenters. The van der Waals surface area contributed by atoms with E-state index < -0.39 is 0 Å². The molecule has 3 heterocycles. The van der Waals surface area contributed by atoms with E-state index in [1.807, 2.05) is 17.0 Å². The van der Waals surface area contributed by atoms with Crippen molar-refractivity contribution in [1.29, 1.82) is 0 Å². The van der Waals surface area contributed by atoms with Gasteiger partial charge in [0.2, 0.25) is 5.91 Å². The van der Waals surface area contributed by atoms with Crippen LogP contribution in [-0.4, -0.2) is 32.1 Å². The molecular formula is C20H22Cl2N4O. The second kappa shape index (κ2) is 8.03. The Kier molecular flexibility index (Phi) is 5.50. The van der Waals surface area contributed by atoms with Gasteiger partial charge in [0.1, 0.15) is 5.82 Å². The Morgan fingerprint density at radius 1 is 1.11 bits per heavy atom. The summed E-state index contributed by atoms with van der Waals surface area (Å²) in [7, 11) is 0. The molecule has 1 amide bonds. The molecular weight excluding hydrogens is 383 g/mol. The lowest BCUT2D eigenvalue weighted by molar-refractivity contribution is -0.127. The van der Waals surface area contributed by atoms with Gasteiger partial charge in [0.05, 0.1) is 16.1 Å². The molecule has 0 N–H and O–H groups in total. The highest BCUT2D eigenvalue weighted by Crippen LogP contribution is 2.33. The molecule has 1 saturated heterocycles. The van der Waals surface area contributed by atoms with Crippen LogP contribution in [0.3, 0.4) is 0 Å². The van der Waals surface area contributed by atoms with Gasteiger partial charge in [-0.05, 0) is 43.4 Å². The van der Waals surface area contributed by atoms with E-state index in [2.05, 4.69) is 14.8 Å². The Bertz CT molecular complexity index is 877. The highest BCUT2D eigenvalue weighted by atomic mass is 35.5. The minimum absolute atomic E-state index is 0.00340. The molecule has 0 saturated carbocycles. The maximum Gasteiger partial charge on any atom is 0.247 e. The summed E-state index contributed by atoms with van der Waals surface area (Å²) in [5, 5.41) is 9.79. The number of amides is 1. The Balaban J connectivity index is 1.55. The maximum absolute atomic E-state index is 12.9. The lowest BCUT2D eigenvalue weighted by Crippen LogP contribution is -2.30. The van der Waals surface area contributed by atoms with Gasteiger partial charge < -0.3 is 9.47 Å².